The third kappa shape index (κ3) is 2.15. The van der Waals surface area contributed by atoms with Crippen LogP contribution in [0.5, 0.6) is 0 Å². The molecule has 0 aliphatic heterocycles. The van der Waals surface area contributed by atoms with Gasteiger partial charge in [-0.25, -0.2) is 0 Å². The second kappa shape index (κ2) is 3.52. The van der Waals surface area contributed by atoms with E-state index in [-0.39, 0.29) is 0 Å². The van der Waals surface area contributed by atoms with Gasteiger partial charge in [0, 0.05) is 7.11 Å². The molecule has 0 heterocycles. The zero-order chi connectivity index (χ0) is 8.32. The molecule has 0 atom stereocenters. The molecule has 1 aliphatic carbocycles. The Morgan fingerprint density at radius 3 is 2.36 bits per heavy atom. The van der Waals surface area contributed by atoms with E-state index < -0.39 is 5.72 Å². The average Bonchev–Trinajstić information content (AvgIpc) is 2.06. The quantitative estimate of drug-likeness (QED) is 0.576. The Bertz CT molecular complexity index is 119. The first-order valence-corrected chi connectivity index (χ1v) is 4.14. The van der Waals surface area contributed by atoms with E-state index >= 15 is 0 Å². The van der Waals surface area contributed by atoms with E-state index in [1.54, 1.807) is 14.2 Å². The van der Waals surface area contributed by atoms with Crippen molar-refractivity contribution < 1.29 is 9.84 Å². The van der Waals surface area contributed by atoms with Crippen molar-refractivity contribution in [3.05, 3.63) is 0 Å². The molecule has 0 unspecified atom stereocenters. The lowest BCUT2D eigenvalue weighted by Crippen LogP contribution is -2.46. The summed E-state index contributed by atoms with van der Waals surface area (Å²) in [6.45, 7) is 0. The lowest BCUT2D eigenvalue weighted by atomic mass is 9.90. The Labute approximate surface area is 67.7 Å². The minimum Gasteiger partial charge on any atom is -0.381 e. The van der Waals surface area contributed by atoms with Crippen molar-refractivity contribution >= 4 is 0 Å². The van der Waals surface area contributed by atoms with Gasteiger partial charge < -0.3 is 9.84 Å². The highest BCUT2D eigenvalue weighted by atomic mass is 16.5. The second-order valence-corrected chi connectivity index (χ2v) is 3.22. The summed E-state index contributed by atoms with van der Waals surface area (Å²) in [5.74, 6) is 0. The Hall–Kier alpha value is -0.120. The van der Waals surface area contributed by atoms with Crippen LogP contribution in [0.1, 0.15) is 25.7 Å². The van der Waals surface area contributed by atoms with Crippen LogP contribution in [-0.2, 0) is 4.74 Å². The highest BCUT2D eigenvalue weighted by molar-refractivity contribution is 4.82. The molecule has 0 aromatic heterocycles. The van der Waals surface area contributed by atoms with E-state index in [1.807, 2.05) is 0 Å². The van der Waals surface area contributed by atoms with E-state index in [2.05, 4.69) is 5.32 Å². The van der Waals surface area contributed by atoms with Gasteiger partial charge in [0.15, 0.2) is 0 Å². The number of ether oxygens (including phenoxy) is 1. The fourth-order valence-electron chi connectivity index (χ4n) is 1.55. The highest BCUT2D eigenvalue weighted by Gasteiger charge is 2.31. The molecule has 0 radical (unpaired) electrons. The Morgan fingerprint density at radius 1 is 1.45 bits per heavy atom. The first-order valence-electron chi connectivity index (χ1n) is 4.14. The van der Waals surface area contributed by atoms with Crippen molar-refractivity contribution in [2.75, 3.05) is 14.2 Å². The summed E-state index contributed by atoms with van der Waals surface area (Å²) in [5.41, 5.74) is -0.630. The molecule has 0 aromatic carbocycles. The normalized spacial score (nSPS) is 39.0. The minimum atomic E-state index is -0.630. The molecule has 1 aliphatic rings. The number of nitrogens with one attached hydrogen (secondary N) is 1. The summed E-state index contributed by atoms with van der Waals surface area (Å²) in [7, 11) is 3.53. The van der Waals surface area contributed by atoms with E-state index in [0.717, 1.165) is 25.7 Å². The first kappa shape index (κ1) is 8.97. The molecule has 1 saturated carbocycles. The van der Waals surface area contributed by atoms with Crippen LogP contribution >= 0.6 is 0 Å². The lowest BCUT2D eigenvalue weighted by molar-refractivity contribution is -0.0604. The number of hydrogen-bond donors (Lipinski definition) is 2. The SMILES string of the molecule is CNC1(O)CCC(OC)CC1. The molecule has 2 N–H and O–H groups in total. The Kier molecular flexibility index (Phi) is 2.87. The average molecular weight is 159 g/mol. The van der Waals surface area contributed by atoms with Gasteiger partial charge in [0.1, 0.15) is 5.72 Å². The zero-order valence-electron chi connectivity index (χ0n) is 7.26. The second-order valence-electron chi connectivity index (χ2n) is 3.22. The number of methoxy groups -OCH3 is 1. The minimum absolute atomic E-state index is 0.351. The van der Waals surface area contributed by atoms with Crippen molar-refractivity contribution in [2.45, 2.75) is 37.5 Å². The van der Waals surface area contributed by atoms with Gasteiger partial charge >= 0.3 is 0 Å². The Balaban J connectivity index is 2.35. The standard InChI is InChI=1S/C8H17NO2/c1-9-8(10)5-3-7(11-2)4-6-8/h7,9-10H,3-6H2,1-2H3. The van der Waals surface area contributed by atoms with Crippen molar-refractivity contribution in [1.29, 1.82) is 0 Å². The maximum absolute atomic E-state index is 9.73. The van der Waals surface area contributed by atoms with Gasteiger partial charge in [-0.05, 0) is 32.7 Å². The van der Waals surface area contributed by atoms with E-state index in [4.69, 9.17) is 4.74 Å². The molecule has 1 rings (SSSR count). The van der Waals surface area contributed by atoms with Crippen LogP contribution in [0.3, 0.4) is 0 Å². The Morgan fingerprint density at radius 2 is 2.00 bits per heavy atom. The monoisotopic (exact) mass is 159 g/mol. The van der Waals surface area contributed by atoms with E-state index in [1.165, 1.54) is 0 Å². The van der Waals surface area contributed by atoms with Crippen LogP contribution < -0.4 is 5.32 Å². The van der Waals surface area contributed by atoms with Crippen molar-refractivity contribution in [1.82, 2.24) is 5.32 Å². The van der Waals surface area contributed by atoms with Crippen molar-refractivity contribution in [3.8, 4) is 0 Å². The van der Waals surface area contributed by atoms with Crippen LogP contribution in [0, 0.1) is 0 Å². The van der Waals surface area contributed by atoms with Gasteiger partial charge in [0.25, 0.3) is 0 Å². The van der Waals surface area contributed by atoms with Gasteiger partial charge in [-0.1, -0.05) is 0 Å². The molecular formula is C8H17NO2. The summed E-state index contributed by atoms with van der Waals surface area (Å²) < 4.78 is 5.19. The third-order valence-electron chi connectivity index (χ3n) is 2.56. The predicted molar refractivity (Wildman–Crippen MR) is 43.3 cm³/mol. The summed E-state index contributed by atoms with van der Waals surface area (Å²) in [6, 6.07) is 0. The molecule has 0 spiro atoms. The lowest BCUT2D eigenvalue weighted by Gasteiger charge is -2.34. The van der Waals surface area contributed by atoms with Crippen LogP contribution in [-0.4, -0.2) is 31.1 Å². The molecular weight excluding hydrogens is 142 g/mol. The maximum atomic E-state index is 9.73. The van der Waals surface area contributed by atoms with E-state index in [0.29, 0.717) is 6.10 Å². The van der Waals surface area contributed by atoms with E-state index in [9.17, 15) is 5.11 Å². The molecule has 11 heavy (non-hydrogen) atoms. The van der Waals surface area contributed by atoms with Crippen molar-refractivity contribution in [2.24, 2.45) is 0 Å². The zero-order valence-corrected chi connectivity index (χ0v) is 7.26. The molecule has 3 heteroatoms. The molecule has 0 amide bonds. The number of rotatable bonds is 2. The fourth-order valence-corrected chi connectivity index (χ4v) is 1.55. The van der Waals surface area contributed by atoms with Gasteiger partial charge in [-0.2, -0.15) is 0 Å². The first-order chi connectivity index (χ1) is 5.20. The van der Waals surface area contributed by atoms with Gasteiger partial charge in [0.05, 0.1) is 6.10 Å². The topological polar surface area (TPSA) is 41.5 Å². The fraction of sp³-hybridized carbons (Fsp3) is 1.00. The molecule has 66 valence electrons. The smallest absolute Gasteiger partial charge is 0.115 e. The molecule has 0 saturated heterocycles. The van der Waals surface area contributed by atoms with Crippen LogP contribution in [0.25, 0.3) is 0 Å². The highest BCUT2D eigenvalue weighted by Crippen LogP contribution is 2.26. The van der Waals surface area contributed by atoms with Crippen LogP contribution in [0.15, 0.2) is 0 Å². The van der Waals surface area contributed by atoms with Gasteiger partial charge in [-0.3, -0.25) is 5.32 Å². The molecule has 0 aromatic rings. The van der Waals surface area contributed by atoms with Crippen LogP contribution in [0.2, 0.25) is 0 Å². The number of aliphatic hydroxyl groups is 1. The maximum Gasteiger partial charge on any atom is 0.115 e. The summed E-state index contributed by atoms with van der Waals surface area (Å²) in [6.07, 6.45) is 3.84. The molecule has 1 fully saturated rings. The predicted octanol–water partition coefficient (Wildman–Crippen LogP) is 0.483. The summed E-state index contributed by atoms with van der Waals surface area (Å²) in [5, 5.41) is 12.7. The van der Waals surface area contributed by atoms with Gasteiger partial charge in [0.2, 0.25) is 0 Å². The van der Waals surface area contributed by atoms with Crippen LogP contribution in [0.4, 0.5) is 0 Å². The molecule has 3 nitrogen and oxygen atoms in total. The molecule has 0 bridgehead atoms. The number of hydrogen-bond acceptors (Lipinski definition) is 3. The summed E-state index contributed by atoms with van der Waals surface area (Å²) >= 11 is 0. The summed E-state index contributed by atoms with van der Waals surface area (Å²) in [4.78, 5) is 0. The van der Waals surface area contributed by atoms with Gasteiger partial charge in [-0.15, -0.1) is 0 Å². The van der Waals surface area contributed by atoms with Crippen molar-refractivity contribution in [3.63, 3.8) is 0 Å². The third-order valence-corrected chi connectivity index (χ3v) is 2.56. The largest absolute Gasteiger partial charge is 0.381 e.